The zero-order chi connectivity index (χ0) is 23.0. The summed E-state index contributed by atoms with van der Waals surface area (Å²) in [5, 5.41) is 2.52. The maximum Gasteiger partial charge on any atom is 0.573 e. The Balaban J connectivity index is 1.83. The Morgan fingerprint density at radius 2 is 1.65 bits per heavy atom. The molecule has 2 aromatic rings. The number of nitrogens with zero attached hydrogens (tertiary/aromatic N) is 1. The Morgan fingerprint density at radius 3 is 2.23 bits per heavy atom. The van der Waals surface area contributed by atoms with Crippen LogP contribution < -0.4 is 19.5 Å². The van der Waals surface area contributed by atoms with E-state index in [2.05, 4.69) is 10.1 Å². The minimum atomic E-state index is -4.79. The van der Waals surface area contributed by atoms with Crippen molar-refractivity contribution in [3.8, 4) is 17.2 Å². The van der Waals surface area contributed by atoms with Gasteiger partial charge in [-0.15, -0.1) is 13.2 Å². The summed E-state index contributed by atoms with van der Waals surface area (Å²) in [6, 6.07) is 10.1. The maximum absolute atomic E-state index is 12.3. The number of amides is 2. The first-order valence-electron chi connectivity index (χ1n) is 9.22. The number of hydrogen-bond acceptors (Lipinski definition) is 5. The number of benzene rings is 2. The van der Waals surface area contributed by atoms with Crippen LogP contribution in [0.2, 0.25) is 0 Å². The summed E-state index contributed by atoms with van der Waals surface area (Å²) >= 11 is 0. The molecule has 31 heavy (non-hydrogen) atoms. The van der Waals surface area contributed by atoms with Crippen LogP contribution in [-0.2, 0) is 16.0 Å². The van der Waals surface area contributed by atoms with Gasteiger partial charge in [0.2, 0.25) is 11.8 Å². The van der Waals surface area contributed by atoms with Crippen LogP contribution in [0.4, 0.5) is 18.9 Å². The van der Waals surface area contributed by atoms with Crippen molar-refractivity contribution in [1.29, 1.82) is 0 Å². The number of methoxy groups -OCH3 is 2. The van der Waals surface area contributed by atoms with Gasteiger partial charge in [0, 0.05) is 19.2 Å². The van der Waals surface area contributed by atoms with Crippen molar-refractivity contribution in [2.75, 3.05) is 33.1 Å². The molecule has 0 atom stereocenters. The van der Waals surface area contributed by atoms with E-state index >= 15 is 0 Å². The minimum absolute atomic E-state index is 0.183. The van der Waals surface area contributed by atoms with Crippen LogP contribution in [0.15, 0.2) is 42.5 Å². The highest BCUT2D eigenvalue weighted by Gasteiger charge is 2.31. The summed E-state index contributed by atoms with van der Waals surface area (Å²) in [7, 11) is 4.55. The van der Waals surface area contributed by atoms with Gasteiger partial charge in [-0.3, -0.25) is 9.59 Å². The van der Waals surface area contributed by atoms with E-state index in [1.54, 1.807) is 12.1 Å². The van der Waals surface area contributed by atoms with Crippen molar-refractivity contribution in [2.45, 2.75) is 19.2 Å². The van der Waals surface area contributed by atoms with Gasteiger partial charge in [-0.25, -0.2) is 0 Å². The lowest BCUT2D eigenvalue weighted by Gasteiger charge is -2.17. The van der Waals surface area contributed by atoms with Gasteiger partial charge in [-0.05, 0) is 48.4 Å². The van der Waals surface area contributed by atoms with E-state index in [9.17, 15) is 22.8 Å². The summed E-state index contributed by atoms with van der Waals surface area (Å²) < 4.78 is 50.7. The Labute approximate surface area is 177 Å². The quantitative estimate of drug-likeness (QED) is 0.645. The second kappa shape index (κ2) is 10.6. The number of hydrogen-bond donors (Lipinski definition) is 1. The summed E-state index contributed by atoms with van der Waals surface area (Å²) in [6.07, 6.45) is -4.15. The highest BCUT2D eigenvalue weighted by molar-refractivity contribution is 5.94. The molecule has 10 heteroatoms. The normalized spacial score (nSPS) is 10.9. The molecule has 0 fully saturated rings. The summed E-state index contributed by atoms with van der Waals surface area (Å²) in [5.41, 5.74) is 1.16. The van der Waals surface area contributed by atoms with Crippen LogP contribution in [0.3, 0.4) is 0 Å². The van der Waals surface area contributed by atoms with Gasteiger partial charge in [-0.2, -0.15) is 0 Å². The van der Waals surface area contributed by atoms with Crippen LogP contribution in [0.5, 0.6) is 17.2 Å². The van der Waals surface area contributed by atoms with Crippen LogP contribution in [0.1, 0.15) is 12.0 Å². The average molecular weight is 440 g/mol. The van der Waals surface area contributed by atoms with Crippen LogP contribution in [0.25, 0.3) is 0 Å². The number of carbonyl (C=O) groups excluding carboxylic acids is 2. The zero-order valence-electron chi connectivity index (χ0n) is 17.3. The number of anilines is 1. The number of carbonyl (C=O) groups is 2. The molecule has 7 nitrogen and oxygen atoms in total. The first-order valence-corrected chi connectivity index (χ1v) is 9.22. The van der Waals surface area contributed by atoms with Crippen molar-refractivity contribution >= 4 is 17.5 Å². The molecule has 1 N–H and O–H groups in total. The largest absolute Gasteiger partial charge is 0.573 e. The van der Waals surface area contributed by atoms with Gasteiger partial charge in [0.05, 0.1) is 20.8 Å². The molecule has 0 aliphatic carbocycles. The molecule has 168 valence electrons. The first kappa shape index (κ1) is 23.8. The van der Waals surface area contributed by atoms with Crippen LogP contribution >= 0.6 is 0 Å². The molecule has 0 spiro atoms. The average Bonchev–Trinajstić information content (AvgIpc) is 2.71. The number of rotatable bonds is 9. The molecule has 2 aromatic carbocycles. The van der Waals surface area contributed by atoms with E-state index in [1.807, 2.05) is 6.07 Å². The monoisotopic (exact) mass is 440 g/mol. The van der Waals surface area contributed by atoms with E-state index in [0.29, 0.717) is 17.9 Å². The van der Waals surface area contributed by atoms with E-state index in [-0.39, 0.29) is 24.6 Å². The van der Waals surface area contributed by atoms with E-state index in [1.165, 1.54) is 38.3 Å². The molecule has 0 bridgehead atoms. The van der Waals surface area contributed by atoms with Crippen molar-refractivity contribution in [2.24, 2.45) is 0 Å². The van der Waals surface area contributed by atoms with E-state index in [4.69, 9.17) is 9.47 Å². The summed E-state index contributed by atoms with van der Waals surface area (Å²) in [4.78, 5) is 25.7. The minimum Gasteiger partial charge on any atom is -0.493 e. The van der Waals surface area contributed by atoms with Gasteiger partial charge in [-0.1, -0.05) is 6.07 Å². The van der Waals surface area contributed by atoms with Crippen LogP contribution in [0, 0.1) is 0 Å². The molecule has 0 radical (unpaired) electrons. The van der Waals surface area contributed by atoms with Gasteiger partial charge in [0.1, 0.15) is 5.75 Å². The van der Waals surface area contributed by atoms with Gasteiger partial charge in [0.15, 0.2) is 11.5 Å². The smallest absolute Gasteiger partial charge is 0.493 e. The van der Waals surface area contributed by atoms with Gasteiger partial charge < -0.3 is 24.4 Å². The number of likely N-dealkylation sites (N-methyl/N-ethyl adjacent to an activating group) is 1. The SMILES string of the molecule is COc1ccc(CCC(=O)N(C)CC(=O)Nc2ccc(OC(F)(F)F)cc2)cc1OC. The molecule has 0 unspecified atom stereocenters. The van der Waals surface area contributed by atoms with E-state index < -0.39 is 18.0 Å². The second-order valence-electron chi connectivity index (χ2n) is 6.56. The highest BCUT2D eigenvalue weighted by Crippen LogP contribution is 2.28. The Kier molecular flexibility index (Phi) is 8.12. The lowest BCUT2D eigenvalue weighted by Crippen LogP contribution is -2.35. The first-order chi connectivity index (χ1) is 14.6. The number of alkyl halides is 3. The Morgan fingerprint density at radius 1 is 1.00 bits per heavy atom. The fourth-order valence-corrected chi connectivity index (χ4v) is 2.72. The van der Waals surface area contributed by atoms with Crippen molar-refractivity contribution < 1.29 is 37.0 Å². The fraction of sp³-hybridized carbons (Fsp3) is 0.333. The molecular weight excluding hydrogens is 417 g/mol. The predicted octanol–water partition coefficient (Wildman–Crippen LogP) is 3.63. The Hall–Kier alpha value is -3.43. The van der Waals surface area contributed by atoms with Gasteiger partial charge in [0.25, 0.3) is 0 Å². The van der Waals surface area contributed by atoms with Crippen molar-refractivity contribution in [1.82, 2.24) is 4.90 Å². The van der Waals surface area contributed by atoms with Crippen LogP contribution in [-0.4, -0.2) is 50.9 Å². The summed E-state index contributed by atoms with van der Waals surface area (Å²) in [5.74, 6) is 0.0366. The van der Waals surface area contributed by atoms with Gasteiger partial charge >= 0.3 is 6.36 Å². The lowest BCUT2D eigenvalue weighted by molar-refractivity contribution is -0.274. The second-order valence-corrected chi connectivity index (χ2v) is 6.56. The molecule has 0 aliphatic heterocycles. The number of nitrogens with one attached hydrogen (secondary N) is 1. The molecular formula is C21H23F3N2O5. The molecule has 0 aliphatic rings. The summed E-state index contributed by atoms with van der Waals surface area (Å²) in [6.45, 7) is -0.203. The topological polar surface area (TPSA) is 77.1 Å². The standard InChI is InChI=1S/C21H23F3N2O5/c1-26(20(28)11-5-14-4-10-17(29-2)18(12-14)30-3)13-19(27)25-15-6-8-16(9-7-15)31-21(22,23)24/h4,6-10,12H,5,11,13H2,1-3H3,(H,25,27). The number of halogens is 3. The molecule has 2 amide bonds. The fourth-order valence-electron chi connectivity index (χ4n) is 2.72. The number of ether oxygens (including phenoxy) is 3. The molecule has 0 heterocycles. The third-order valence-electron chi connectivity index (χ3n) is 4.25. The zero-order valence-corrected chi connectivity index (χ0v) is 17.3. The lowest BCUT2D eigenvalue weighted by atomic mass is 10.1. The third kappa shape index (κ3) is 7.72. The van der Waals surface area contributed by atoms with Crippen molar-refractivity contribution in [3.63, 3.8) is 0 Å². The molecule has 0 saturated carbocycles. The third-order valence-corrected chi connectivity index (χ3v) is 4.25. The number of aryl methyl sites for hydroxylation is 1. The molecule has 0 aromatic heterocycles. The van der Waals surface area contributed by atoms with E-state index in [0.717, 1.165) is 17.7 Å². The maximum atomic E-state index is 12.3. The highest BCUT2D eigenvalue weighted by atomic mass is 19.4. The molecule has 0 saturated heterocycles. The predicted molar refractivity (Wildman–Crippen MR) is 107 cm³/mol. The Bertz CT molecular complexity index is 901. The van der Waals surface area contributed by atoms with Crippen molar-refractivity contribution in [3.05, 3.63) is 48.0 Å². The molecule has 2 rings (SSSR count).